The number of hydrogen-bond acceptors (Lipinski definition) is 8. The normalized spacial score (nSPS) is 15.1. The Kier molecular flexibility index (Phi) is 5.23. The van der Waals surface area contributed by atoms with Crippen molar-refractivity contribution in [1.82, 2.24) is 24.1 Å². The number of aromatic nitrogens is 4. The van der Waals surface area contributed by atoms with E-state index >= 15 is 0 Å². The zero-order chi connectivity index (χ0) is 23.0. The largest absolute Gasteiger partial charge is 0.353 e. The van der Waals surface area contributed by atoms with E-state index in [1.54, 1.807) is 4.52 Å². The molecule has 0 amide bonds. The topological polar surface area (TPSA) is 127 Å². The first-order valence-corrected chi connectivity index (χ1v) is 11.6. The Morgan fingerprint density at radius 3 is 2.21 bits per heavy atom. The average Bonchev–Trinajstić information content (AvgIpc) is 3.28. The van der Waals surface area contributed by atoms with Crippen molar-refractivity contribution in [2.24, 2.45) is 0 Å². The molecule has 1 fully saturated rings. The molecule has 2 aromatic heterocycles. The maximum absolute atomic E-state index is 13.0. The van der Waals surface area contributed by atoms with Gasteiger partial charge in [-0.2, -0.15) is 8.82 Å². The Labute approximate surface area is 189 Å². The molecule has 33 heavy (non-hydrogen) atoms. The van der Waals surface area contributed by atoms with E-state index in [2.05, 4.69) is 10.2 Å². The summed E-state index contributed by atoms with van der Waals surface area (Å²) in [5.41, 5.74) is 1.37. The van der Waals surface area contributed by atoms with E-state index in [0.29, 0.717) is 30.4 Å². The lowest BCUT2D eigenvalue weighted by atomic mass is 10.2. The van der Waals surface area contributed by atoms with Crippen LogP contribution in [0.1, 0.15) is 0 Å². The van der Waals surface area contributed by atoms with Crippen LogP contribution in [0.15, 0.2) is 71.6 Å². The van der Waals surface area contributed by atoms with Crippen molar-refractivity contribution in [3.63, 3.8) is 0 Å². The molecular weight excluding hydrogens is 446 g/mol. The van der Waals surface area contributed by atoms with Crippen LogP contribution >= 0.6 is 0 Å². The number of sulfonamides is 1. The van der Waals surface area contributed by atoms with Crippen molar-refractivity contribution in [3.8, 4) is 11.4 Å². The lowest BCUT2D eigenvalue weighted by Gasteiger charge is -2.34. The molecule has 0 aliphatic carbocycles. The van der Waals surface area contributed by atoms with Crippen LogP contribution in [0, 0.1) is 10.1 Å². The maximum Gasteiger partial charge on any atom is 0.269 e. The first-order chi connectivity index (χ1) is 15.9. The van der Waals surface area contributed by atoms with Gasteiger partial charge in [0.15, 0.2) is 11.5 Å². The van der Waals surface area contributed by atoms with Gasteiger partial charge in [0.05, 0.1) is 9.82 Å². The molecule has 1 saturated heterocycles. The molecule has 1 aliphatic rings. The van der Waals surface area contributed by atoms with Crippen LogP contribution in [0.4, 0.5) is 11.5 Å². The Balaban J connectivity index is 1.34. The van der Waals surface area contributed by atoms with Crippen molar-refractivity contribution in [3.05, 3.63) is 76.8 Å². The molecule has 168 valence electrons. The predicted molar refractivity (Wildman–Crippen MR) is 120 cm³/mol. The number of nitro groups is 1. The monoisotopic (exact) mass is 465 g/mol. The third-order valence-electron chi connectivity index (χ3n) is 5.53. The molecule has 11 nitrogen and oxygen atoms in total. The standard InChI is InChI=1S/C21H19N7O4S/c29-28(30)17-6-8-18(9-7-17)33(31,32)26-14-12-25(13-15-26)20-11-10-19-22-23-21(27(19)24-20)16-4-2-1-3-5-16/h1-11H,12-15H2. The molecule has 0 atom stereocenters. The molecule has 3 heterocycles. The summed E-state index contributed by atoms with van der Waals surface area (Å²) in [5.74, 6) is 1.33. The second kappa shape index (κ2) is 8.22. The smallest absolute Gasteiger partial charge is 0.269 e. The van der Waals surface area contributed by atoms with Gasteiger partial charge >= 0.3 is 0 Å². The number of non-ortho nitro benzene ring substituents is 1. The number of nitro benzene ring substituents is 1. The van der Waals surface area contributed by atoms with Gasteiger partial charge in [-0.25, -0.2) is 8.42 Å². The van der Waals surface area contributed by atoms with Gasteiger partial charge in [-0.05, 0) is 24.3 Å². The fourth-order valence-corrected chi connectivity index (χ4v) is 5.18. The minimum atomic E-state index is -3.74. The molecule has 0 spiro atoms. The van der Waals surface area contributed by atoms with Gasteiger partial charge in [-0.3, -0.25) is 10.1 Å². The van der Waals surface area contributed by atoms with Gasteiger partial charge in [-0.1, -0.05) is 30.3 Å². The number of benzene rings is 2. The number of fused-ring (bicyclic) bond motifs is 1. The van der Waals surface area contributed by atoms with Crippen LogP contribution in [0.5, 0.6) is 0 Å². The minimum absolute atomic E-state index is 0.0399. The second-order valence-corrected chi connectivity index (χ2v) is 9.43. The van der Waals surface area contributed by atoms with Crippen molar-refractivity contribution in [2.75, 3.05) is 31.1 Å². The first kappa shape index (κ1) is 21.0. The van der Waals surface area contributed by atoms with Gasteiger partial charge in [-0.15, -0.1) is 15.3 Å². The van der Waals surface area contributed by atoms with E-state index in [9.17, 15) is 18.5 Å². The number of rotatable bonds is 5. The number of hydrogen-bond donors (Lipinski definition) is 0. The predicted octanol–water partition coefficient (Wildman–Crippen LogP) is 2.21. The van der Waals surface area contributed by atoms with Crippen LogP contribution in [0.2, 0.25) is 0 Å². The number of piperazine rings is 1. The van der Waals surface area contributed by atoms with Crippen molar-refractivity contribution < 1.29 is 13.3 Å². The summed E-state index contributed by atoms with van der Waals surface area (Å²) in [4.78, 5) is 12.3. The molecule has 0 N–H and O–H groups in total. The van der Waals surface area contributed by atoms with E-state index in [1.807, 2.05) is 47.4 Å². The van der Waals surface area contributed by atoms with E-state index in [-0.39, 0.29) is 23.7 Å². The molecule has 0 saturated carbocycles. The van der Waals surface area contributed by atoms with Crippen LogP contribution in [0.3, 0.4) is 0 Å². The summed E-state index contributed by atoms with van der Waals surface area (Å²) < 4.78 is 29.0. The highest BCUT2D eigenvalue weighted by atomic mass is 32.2. The van der Waals surface area contributed by atoms with Gasteiger partial charge in [0.2, 0.25) is 10.0 Å². The summed E-state index contributed by atoms with van der Waals surface area (Å²) in [6, 6.07) is 18.3. The Morgan fingerprint density at radius 2 is 1.55 bits per heavy atom. The van der Waals surface area contributed by atoms with Crippen LogP contribution < -0.4 is 4.90 Å². The highest BCUT2D eigenvalue weighted by Crippen LogP contribution is 2.23. The second-order valence-electron chi connectivity index (χ2n) is 7.49. The Morgan fingerprint density at radius 1 is 0.848 bits per heavy atom. The zero-order valence-corrected chi connectivity index (χ0v) is 18.2. The van der Waals surface area contributed by atoms with E-state index in [4.69, 9.17) is 5.10 Å². The SMILES string of the molecule is O=[N+]([O-])c1ccc(S(=O)(=O)N2CCN(c3ccc4nnc(-c5ccccc5)n4n3)CC2)cc1. The van der Waals surface area contributed by atoms with Gasteiger partial charge in [0.1, 0.15) is 5.82 Å². The van der Waals surface area contributed by atoms with Gasteiger partial charge in [0.25, 0.3) is 5.69 Å². The van der Waals surface area contributed by atoms with Crippen molar-refractivity contribution in [1.29, 1.82) is 0 Å². The molecule has 0 radical (unpaired) electrons. The number of nitrogens with zero attached hydrogens (tertiary/aromatic N) is 7. The average molecular weight is 465 g/mol. The molecule has 5 rings (SSSR count). The fourth-order valence-electron chi connectivity index (χ4n) is 3.76. The zero-order valence-electron chi connectivity index (χ0n) is 17.4. The summed E-state index contributed by atoms with van der Waals surface area (Å²) >= 11 is 0. The lowest BCUT2D eigenvalue weighted by molar-refractivity contribution is -0.384. The van der Waals surface area contributed by atoms with Crippen molar-refractivity contribution in [2.45, 2.75) is 4.90 Å². The lowest BCUT2D eigenvalue weighted by Crippen LogP contribution is -2.49. The quantitative estimate of drug-likeness (QED) is 0.324. The highest BCUT2D eigenvalue weighted by molar-refractivity contribution is 7.89. The Hall–Kier alpha value is -3.90. The summed E-state index contributed by atoms with van der Waals surface area (Å²) in [5, 5.41) is 23.9. The first-order valence-electron chi connectivity index (χ1n) is 10.2. The van der Waals surface area contributed by atoms with E-state index in [1.165, 1.54) is 28.6 Å². The molecule has 4 aromatic rings. The third-order valence-corrected chi connectivity index (χ3v) is 7.44. The Bertz CT molecular complexity index is 1410. The van der Waals surface area contributed by atoms with Crippen molar-refractivity contribution >= 4 is 27.2 Å². The summed E-state index contributed by atoms with van der Waals surface area (Å²) in [7, 11) is -3.74. The molecule has 12 heteroatoms. The highest BCUT2D eigenvalue weighted by Gasteiger charge is 2.29. The van der Waals surface area contributed by atoms with E-state index in [0.717, 1.165) is 5.56 Å². The summed E-state index contributed by atoms with van der Waals surface area (Å²) in [6.45, 7) is 1.44. The molecule has 2 aromatic carbocycles. The minimum Gasteiger partial charge on any atom is -0.353 e. The van der Waals surface area contributed by atoms with Gasteiger partial charge in [0, 0.05) is 43.9 Å². The fraction of sp³-hybridized carbons (Fsp3) is 0.190. The number of anilines is 1. The molecule has 1 aliphatic heterocycles. The third kappa shape index (κ3) is 3.90. The molecule has 0 unspecified atom stereocenters. The molecular formula is C21H19N7O4S. The molecule has 0 bridgehead atoms. The van der Waals surface area contributed by atoms with Gasteiger partial charge < -0.3 is 4.90 Å². The van der Waals surface area contributed by atoms with E-state index < -0.39 is 14.9 Å². The maximum atomic E-state index is 13.0. The van der Waals surface area contributed by atoms with Crippen LogP contribution in [0.25, 0.3) is 17.0 Å². The van der Waals surface area contributed by atoms with Crippen LogP contribution in [-0.4, -0.2) is 63.6 Å². The van der Waals surface area contributed by atoms with Crippen LogP contribution in [-0.2, 0) is 10.0 Å². The summed E-state index contributed by atoms with van der Waals surface area (Å²) in [6.07, 6.45) is 0.